The third-order valence-corrected chi connectivity index (χ3v) is 4.67. The summed E-state index contributed by atoms with van der Waals surface area (Å²) >= 11 is 1.92. The Hall–Kier alpha value is -1.17. The summed E-state index contributed by atoms with van der Waals surface area (Å²) in [4.78, 5) is 21.8. The molecule has 2 heterocycles. The number of aromatic nitrogens is 2. The summed E-state index contributed by atoms with van der Waals surface area (Å²) < 4.78 is 0. The average Bonchev–Trinajstić information content (AvgIpc) is 2.88. The third-order valence-electron chi connectivity index (χ3n) is 3.73. The van der Waals surface area contributed by atoms with Gasteiger partial charge in [0.05, 0.1) is 12.2 Å². The van der Waals surface area contributed by atoms with Gasteiger partial charge in [0.2, 0.25) is 11.9 Å². The Kier molecular flexibility index (Phi) is 3.96. The van der Waals surface area contributed by atoms with Gasteiger partial charge in [0.1, 0.15) is 0 Å². The van der Waals surface area contributed by atoms with Crippen molar-refractivity contribution in [3.05, 3.63) is 11.4 Å². The minimum Gasteiger partial charge on any atom is -0.347 e. The standard InChI is InChI=1S/C13H20N4OS/c18-12(17-5-7-19-8-6-17)9-14-13-15-10-3-1-2-4-11(10)16-13/h1-9H2,(H2,14,15,16). The van der Waals surface area contributed by atoms with Crippen molar-refractivity contribution in [2.75, 3.05) is 36.5 Å². The number of aryl methyl sites for hydroxylation is 2. The van der Waals surface area contributed by atoms with Gasteiger partial charge in [-0.25, -0.2) is 4.98 Å². The second-order valence-corrected chi connectivity index (χ2v) is 6.29. The lowest BCUT2D eigenvalue weighted by atomic mass is 10.0. The summed E-state index contributed by atoms with van der Waals surface area (Å²) in [5, 5.41) is 3.13. The SMILES string of the molecule is O=C(CNc1nc2c([nH]1)CCCC2)N1CCSCC1. The summed E-state index contributed by atoms with van der Waals surface area (Å²) in [7, 11) is 0. The first-order valence-electron chi connectivity index (χ1n) is 7.00. The number of anilines is 1. The van der Waals surface area contributed by atoms with Crippen LogP contribution in [0.1, 0.15) is 24.2 Å². The smallest absolute Gasteiger partial charge is 0.242 e. The number of nitrogens with zero attached hydrogens (tertiary/aromatic N) is 2. The van der Waals surface area contributed by atoms with E-state index >= 15 is 0 Å². The maximum atomic E-state index is 12.0. The molecule has 6 heteroatoms. The van der Waals surface area contributed by atoms with Crippen LogP contribution in [0.2, 0.25) is 0 Å². The van der Waals surface area contributed by atoms with Gasteiger partial charge >= 0.3 is 0 Å². The molecule has 1 aliphatic carbocycles. The van der Waals surface area contributed by atoms with E-state index in [1.165, 1.54) is 24.2 Å². The van der Waals surface area contributed by atoms with Crippen molar-refractivity contribution in [3.63, 3.8) is 0 Å². The zero-order valence-corrected chi connectivity index (χ0v) is 11.9. The second-order valence-electron chi connectivity index (χ2n) is 5.06. The molecular weight excluding hydrogens is 260 g/mol. The highest BCUT2D eigenvalue weighted by molar-refractivity contribution is 7.99. The molecule has 1 amide bonds. The van der Waals surface area contributed by atoms with Crippen molar-refractivity contribution in [2.24, 2.45) is 0 Å². The van der Waals surface area contributed by atoms with E-state index in [1.54, 1.807) is 0 Å². The molecule has 2 N–H and O–H groups in total. The van der Waals surface area contributed by atoms with E-state index in [1.807, 2.05) is 16.7 Å². The highest BCUT2D eigenvalue weighted by Crippen LogP contribution is 2.20. The van der Waals surface area contributed by atoms with E-state index in [0.29, 0.717) is 6.54 Å². The molecule has 0 spiro atoms. The Bertz CT molecular complexity index is 430. The molecule has 0 aromatic carbocycles. The van der Waals surface area contributed by atoms with E-state index in [-0.39, 0.29) is 5.91 Å². The van der Waals surface area contributed by atoms with Crippen LogP contribution < -0.4 is 5.32 Å². The monoisotopic (exact) mass is 280 g/mol. The Balaban J connectivity index is 1.53. The van der Waals surface area contributed by atoms with Gasteiger partial charge in [-0.3, -0.25) is 4.79 Å². The Labute approximate surface area is 117 Å². The number of hydrogen-bond acceptors (Lipinski definition) is 4. The van der Waals surface area contributed by atoms with Gasteiger partial charge in [-0.2, -0.15) is 11.8 Å². The molecule has 3 rings (SSSR count). The van der Waals surface area contributed by atoms with Crippen LogP contribution in [0, 0.1) is 0 Å². The molecule has 1 aliphatic heterocycles. The number of nitrogens with one attached hydrogen (secondary N) is 2. The van der Waals surface area contributed by atoms with E-state index in [2.05, 4.69) is 15.3 Å². The van der Waals surface area contributed by atoms with Crippen molar-refractivity contribution >= 4 is 23.6 Å². The zero-order chi connectivity index (χ0) is 13.1. The van der Waals surface area contributed by atoms with E-state index < -0.39 is 0 Å². The number of carbonyl (C=O) groups is 1. The lowest BCUT2D eigenvalue weighted by Gasteiger charge is -2.26. The van der Waals surface area contributed by atoms with Crippen LogP contribution in [0.5, 0.6) is 0 Å². The molecule has 19 heavy (non-hydrogen) atoms. The number of imidazole rings is 1. The molecule has 1 aromatic heterocycles. The lowest BCUT2D eigenvalue weighted by molar-refractivity contribution is -0.128. The van der Waals surface area contributed by atoms with Crippen LogP contribution in [0.25, 0.3) is 0 Å². The Morgan fingerprint density at radius 1 is 1.32 bits per heavy atom. The molecule has 5 nitrogen and oxygen atoms in total. The Morgan fingerprint density at radius 3 is 2.89 bits per heavy atom. The number of thioether (sulfide) groups is 1. The highest BCUT2D eigenvalue weighted by atomic mass is 32.2. The van der Waals surface area contributed by atoms with Gasteiger partial charge in [-0.1, -0.05) is 0 Å². The summed E-state index contributed by atoms with van der Waals surface area (Å²) in [6.07, 6.45) is 4.60. The molecule has 1 saturated heterocycles. The van der Waals surface area contributed by atoms with Crippen LogP contribution in [-0.2, 0) is 17.6 Å². The number of carbonyl (C=O) groups excluding carboxylic acids is 1. The van der Waals surface area contributed by atoms with Crippen LogP contribution >= 0.6 is 11.8 Å². The second kappa shape index (κ2) is 5.86. The Morgan fingerprint density at radius 2 is 2.11 bits per heavy atom. The van der Waals surface area contributed by atoms with E-state index in [9.17, 15) is 4.79 Å². The number of H-pyrrole nitrogens is 1. The molecule has 2 aliphatic rings. The van der Waals surface area contributed by atoms with Crippen LogP contribution in [0.4, 0.5) is 5.95 Å². The minimum absolute atomic E-state index is 0.176. The largest absolute Gasteiger partial charge is 0.347 e. The van der Waals surface area contributed by atoms with Crippen molar-refractivity contribution in [1.29, 1.82) is 0 Å². The summed E-state index contributed by atoms with van der Waals surface area (Å²) in [6, 6.07) is 0. The fraction of sp³-hybridized carbons (Fsp3) is 0.692. The summed E-state index contributed by atoms with van der Waals surface area (Å²) in [6.45, 7) is 2.09. The normalized spacial score (nSPS) is 19.1. The van der Waals surface area contributed by atoms with Gasteiger partial charge in [0, 0.05) is 30.3 Å². The lowest BCUT2D eigenvalue weighted by Crippen LogP contribution is -2.41. The fourth-order valence-electron chi connectivity index (χ4n) is 2.62. The molecule has 0 radical (unpaired) electrons. The number of aromatic amines is 1. The maximum absolute atomic E-state index is 12.0. The molecule has 0 atom stereocenters. The minimum atomic E-state index is 0.176. The van der Waals surface area contributed by atoms with Gasteiger partial charge in [0.25, 0.3) is 0 Å². The first-order chi connectivity index (χ1) is 9.33. The van der Waals surface area contributed by atoms with Gasteiger partial charge in [-0.15, -0.1) is 0 Å². The molecule has 0 bridgehead atoms. The summed E-state index contributed by atoms with van der Waals surface area (Å²) in [5.41, 5.74) is 2.42. The topological polar surface area (TPSA) is 61.0 Å². The molecular formula is C13H20N4OS. The molecule has 1 aromatic rings. The third kappa shape index (κ3) is 3.05. The van der Waals surface area contributed by atoms with Crippen molar-refractivity contribution in [1.82, 2.24) is 14.9 Å². The van der Waals surface area contributed by atoms with Crippen molar-refractivity contribution in [2.45, 2.75) is 25.7 Å². The van der Waals surface area contributed by atoms with Crippen molar-refractivity contribution in [3.8, 4) is 0 Å². The predicted molar refractivity (Wildman–Crippen MR) is 77.6 cm³/mol. The summed E-state index contributed by atoms with van der Waals surface area (Å²) in [5.74, 6) is 3.04. The first-order valence-corrected chi connectivity index (χ1v) is 8.15. The molecule has 0 unspecified atom stereocenters. The first kappa shape index (κ1) is 12.8. The van der Waals surface area contributed by atoms with Crippen LogP contribution in [-0.4, -0.2) is 51.9 Å². The predicted octanol–water partition coefficient (Wildman–Crippen LogP) is 1.28. The molecule has 0 saturated carbocycles. The quantitative estimate of drug-likeness (QED) is 0.875. The van der Waals surface area contributed by atoms with Crippen LogP contribution in [0.3, 0.4) is 0 Å². The number of hydrogen-bond donors (Lipinski definition) is 2. The maximum Gasteiger partial charge on any atom is 0.242 e. The average molecular weight is 280 g/mol. The molecule has 1 fully saturated rings. The van der Waals surface area contributed by atoms with Crippen molar-refractivity contribution < 1.29 is 4.79 Å². The fourth-order valence-corrected chi connectivity index (χ4v) is 3.52. The number of amides is 1. The van der Waals surface area contributed by atoms with Gasteiger partial charge < -0.3 is 15.2 Å². The van der Waals surface area contributed by atoms with Gasteiger partial charge in [-0.05, 0) is 25.7 Å². The van der Waals surface area contributed by atoms with E-state index in [0.717, 1.165) is 43.4 Å². The number of fused-ring (bicyclic) bond motifs is 1. The molecule has 104 valence electrons. The zero-order valence-electron chi connectivity index (χ0n) is 11.1. The van der Waals surface area contributed by atoms with Crippen LogP contribution in [0.15, 0.2) is 0 Å². The van der Waals surface area contributed by atoms with E-state index in [4.69, 9.17) is 0 Å². The highest BCUT2D eigenvalue weighted by Gasteiger charge is 2.18. The number of rotatable bonds is 3. The van der Waals surface area contributed by atoms with Gasteiger partial charge in [0.15, 0.2) is 0 Å².